The first kappa shape index (κ1) is 15.6. The largest absolute Gasteiger partial charge is 0.391 e. The Labute approximate surface area is 118 Å². The highest BCUT2D eigenvalue weighted by Crippen LogP contribution is 2.40. The Morgan fingerprint density at radius 1 is 1.00 bits per heavy atom. The van der Waals surface area contributed by atoms with Crippen molar-refractivity contribution in [1.29, 1.82) is 0 Å². The van der Waals surface area contributed by atoms with Crippen molar-refractivity contribution < 1.29 is 13.2 Å². The van der Waals surface area contributed by atoms with Crippen LogP contribution in [0.1, 0.15) is 57.8 Å². The van der Waals surface area contributed by atoms with Crippen molar-refractivity contribution in [3.8, 4) is 0 Å². The second-order valence-electron chi connectivity index (χ2n) is 6.05. The summed E-state index contributed by atoms with van der Waals surface area (Å²) in [6.45, 7) is 0. The van der Waals surface area contributed by atoms with Crippen LogP contribution in [0, 0.1) is 11.8 Å². The zero-order valence-electron chi connectivity index (χ0n) is 11.8. The van der Waals surface area contributed by atoms with Gasteiger partial charge in [0.25, 0.3) is 0 Å². The number of aliphatic imine (C=N–C) groups is 1. The van der Waals surface area contributed by atoms with Crippen LogP contribution in [0.2, 0.25) is 0 Å². The van der Waals surface area contributed by atoms with Crippen molar-refractivity contribution in [2.24, 2.45) is 22.7 Å². The van der Waals surface area contributed by atoms with E-state index in [2.05, 4.69) is 10.4 Å². The van der Waals surface area contributed by atoms with E-state index in [1.54, 1.807) is 0 Å². The number of hydrogen-bond donors (Lipinski definition) is 2. The lowest BCUT2D eigenvalue weighted by atomic mass is 9.80. The number of nitrogens with two attached hydrogens (primary N) is 1. The summed E-state index contributed by atoms with van der Waals surface area (Å²) in [5.41, 5.74) is 2.57. The molecule has 0 bridgehead atoms. The molecule has 0 amide bonds. The lowest BCUT2D eigenvalue weighted by Gasteiger charge is -2.31. The van der Waals surface area contributed by atoms with Gasteiger partial charge >= 0.3 is 6.18 Å². The predicted octanol–water partition coefficient (Wildman–Crippen LogP) is 3.55. The van der Waals surface area contributed by atoms with Gasteiger partial charge in [0, 0.05) is 5.92 Å². The standard InChI is InChI=1S/C14H24F3N3/c15-14(16,17)11-6-4-5-10(9-11)13(20-18)19-12-7-2-1-3-8-12/h10-12H,1-9,18H2,(H,19,20). The number of halogens is 3. The summed E-state index contributed by atoms with van der Waals surface area (Å²) in [7, 11) is 0. The molecule has 6 heteroatoms. The minimum Gasteiger partial charge on any atom is -0.312 e. The highest BCUT2D eigenvalue weighted by Gasteiger charge is 2.43. The molecule has 0 aromatic heterocycles. The topological polar surface area (TPSA) is 50.4 Å². The third kappa shape index (κ3) is 4.11. The second kappa shape index (κ2) is 6.78. The first-order valence-corrected chi connectivity index (χ1v) is 7.61. The molecular weight excluding hydrogens is 267 g/mol. The molecule has 0 heterocycles. The van der Waals surface area contributed by atoms with E-state index in [0.29, 0.717) is 12.3 Å². The Balaban J connectivity index is 2.01. The van der Waals surface area contributed by atoms with Crippen molar-refractivity contribution in [3.05, 3.63) is 0 Å². The van der Waals surface area contributed by atoms with Crippen LogP contribution in [0.3, 0.4) is 0 Å². The number of hydrogen-bond acceptors (Lipinski definition) is 2. The van der Waals surface area contributed by atoms with Crippen LogP contribution in [-0.4, -0.2) is 18.1 Å². The number of rotatable bonds is 2. The molecule has 0 radical (unpaired) electrons. The van der Waals surface area contributed by atoms with Gasteiger partial charge in [0.2, 0.25) is 0 Å². The monoisotopic (exact) mass is 291 g/mol. The van der Waals surface area contributed by atoms with Crippen LogP contribution in [0.5, 0.6) is 0 Å². The fourth-order valence-corrected chi connectivity index (χ4v) is 3.40. The van der Waals surface area contributed by atoms with Gasteiger partial charge in [-0.1, -0.05) is 25.7 Å². The molecule has 2 rings (SSSR count). The van der Waals surface area contributed by atoms with E-state index in [4.69, 9.17) is 5.84 Å². The smallest absolute Gasteiger partial charge is 0.312 e. The Kier molecular flexibility index (Phi) is 5.29. The number of hydrazine groups is 1. The molecule has 0 aromatic rings. The summed E-state index contributed by atoms with van der Waals surface area (Å²) in [5.74, 6) is 4.73. The fourth-order valence-electron chi connectivity index (χ4n) is 3.40. The van der Waals surface area contributed by atoms with Crippen molar-refractivity contribution in [2.45, 2.75) is 70.0 Å². The van der Waals surface area contributed by atoms with E-state index >= 15 is 0 Å². The van der Waals surface area contributed by atoms with E-state index in [1.165, 1.54) is 6.42 Å². The number of amidine groups is 1. The number of alkyl halides is 3. The van der Waals surface area contributed by atoms with Crippen LogP contribution in [0.15, 0.2) is 4.99 Å². The molecular formula is C14H24F3N3. The average molecular weight is 291 g/mol. The van der Waals surface area contributed by atoms with Crippen molar-refractivity contribution >= 4 is 5.84 Å². The summed E-state index contributed by atoms with van der Waals surface area (Å²) in [5, 5.41) is 0. The second-order valence-corrected chi connectivity index (χ2v) is 6.05. The van der Waals surface area contributed by atoms with Gasteiger partial charge in [-0.25, -0.2) is 5.84 Å². The minimum absolute atomic E-state index is 0.124. The molecule has 2 aliphatic rings. The molecule has 0 aromatic carbocycles. The Hall–Kier alpha value is -0.780. The first-order chi connectivity index (χ1) is 9.50. The van der Waals surface area contributed by atoms with Crippen LogP contribution in [0.25, 0.3) is 0 Å². The molecule has 20 heavy (non-hydrogen) atoms. The van der Waals surface area contributed by atoms with Crippen LogP contribution in [-0.2, 0) is 0 Å². The summed E-state index contributed by atoms with van der Waals surface area (Å²) in [6.07, 6.45) is 3.22. The molecule has 3 N–H and O–H groups in total. The van der Waals surface area contributed by atoms with E-state index in [0.717, 1.165) is 32.1 Å². The maximum atomic E-state index is 12.8. The van der Waals surface area contributed by atoms with Gasteiger partial charge in [-0.15, -0.1) is 0 Å². The van der Waals surface area contributed by atoms with Crippen LogP contribution < -0.4 is 11.3 Å². The first-order valence-electron chi connectivity index (χ1n) is 7.61. The summed E-state index contributed by atoms with van der Waals surface area (Å²) in [6, 6.07) is 0.237. The zero-order valence-corrected chi connectivity index (χ0v) is 11.8. The number of nitrogens with one attached hydrogen (secondary N) is 1. The van der Waals surface area contributed by atoms with Gasteiger partial charge in [0.15, 0.2) is 0 Å². The molecule has 0 spiro atoms. The lowest BCUT2D eigenvalue weighted by molar-refractivity contribution is -0.183. The van der Waals surface area contributed by atoms with E-state index in [-0.39, 0.29) is 24.8 Å². The summed E-state index contributed by atoms with van der Waals surface area (Å²) in [4.78, 5) is 4.61. The third-order valence-electron chi connectivity index (χ3n) is 4.57. The van der Waals surface area contributed by atoms with Gasteiger partial charge in [0.1, 0.15) is 5.84 Å². The SMILES string of the molecule is NNC(=NC1CCCCC1)C1CCCC(C(F)(F)F)C1. The van der Waals surface area contributed by atoms with Gasteiger partial charge in [-0.3, -0.25) is 4.99 Å². The molecule has 2 aliphatic carbocycles. The van der Waals surface area contributed by atoms with Crippen molar-refractivity contribution in [1.82, 2.24) is 5.43 Å². The van der Waals surface area contributed by atoms with Crippen LogP contribution in [0.4, 0.5) is 13.2 Å². The fraction of sp³-hybridized carbons (Fsp3) is 0.929. The maximum absolute atomic E-state index is 12.8. The molecule has 2 saturated carbocycles. The van der Waals surface area contributed by atoms with E-state index in [1.807, 2.05) is 0 Å². The third-order valence-corrected chi connectivity index (χ3v) is 4.57. The maximum Gasteiger partial charge on any atom is 0.391 e. The Morgan fingerprint density at radius 2 is 1.70 bits per heavy atom. The van der Waals surface area contributed by atoms with E-state index < -0.39 is 12.1 Å². The normalized spacial score (nSPS) is 30.3. The van der Waals surface area contributed by atoms with Gasteiger partial charge in [-0.05, 0) is 32.1 Å². The zero-order chi connectivity index (χ0) is 14.6. The molecule has 116 valence electrons. The molecule has 0 aliphatic heterocycles. The predicted molar refractivity (Wildman–Crippen MR) is 73.1 cm³/mol. The highest BCUT2D eigenvalue weighted by atomic mass is 19.4. The Morgan fingerprint density at radius 3 is 2.30 bits per heavy atom. The average Bonchev–Trinajstić information content (AvgIpc) is 2.45. The van der Waals surface area contributed by atoms with Crippen molar-refractivity contribution in [3.63, 3.8) is 0 Å². The van der Waals surface area contributed by atoms with Gasteiger partial charge < -0.3 is 5.43 Å². The van der Waals surface area contributed by atoms with E-state index in [9.17, 15) is 13.2 Å². The summed E-state index contributed by atoms with van der Waals surface area (Å²) >= 11 is 0. The number of nitrogens with zero attached hydrogens (tertiary/aromatic N) is 1. The molecule has 2 fully saturated rings. The van der Waals surface area contributed by atoms with Crippen molar-refractivity contribution in [2.75, 3.05) is 0 Å². The van der Waals surface area contributed by atoms with Crippen LogP contribution >= 0.6 is 0 Å². The molecule has 3 nitrogen and oxygen atoms in total. The van der Waals surface area contributed by atoms with Gasteiger partial charge in [0.05, 0.1) is 12.0 Å². The molecule has 2 unspecified atom stereocenters. The molecule has 0 saturated heterocycles. The Bertz CT molecular complexity index is 335. The highest BCUT2D eigenvalue weighted by molar-refractivity contribution is 5.84. The molecule has 2 atom stereocenters. The quantitative estimate of drug-likeness (QED) is 0.354. The minimum atomic E-state index is -4.09. The van der Waals surface area contributed by atoms with Gasteiger partial charge in [-0.2, -0.15) is 13.2 Å². The lowest BCUT2D eigenvalue weighted by Crippen LogP contribution is -2.41. The summed E-state index contributed by atoms with van der Waals surface area (Å²) < 4.78 is 38.5.